The number of rotatable bonds is 11. The van der Waals surface area contributed by atoms with Crippen LogP contribution >= 0.6 is 11.6 Å². The van der Waals surface area contributed by atoms with Gasteiger partial charge in [-0.2, -0.15) is 4.31 Å². The van der Waals surface area contributed by atoms with Gasteiger partial charge >= 0.3 is 5.97 Å². The second-order valence-corrected chi connectivity index (χ2v) is 10.2. The van der Waals surface area contributed by atoms with Crippen molar-refractivity contribution in [1.29, 1.82) is 0 Å². The Morgan fingerprint density at radius 1 is 1.26 bits per heavy atom. The molecule has 8 nitrogen and oxygen atoms in total. The molecule has 1 atom stereocenters. The number of carbonyl (C=O) groups is 1. The number of benzene rings is 1. The average Bonchev–Trinajstić information content (AvgIpc) is 3.00. The highest BCUT2D eigenvalue weighted by molar-refractivity contribution is 7.89. The van der Waals surface area contributed by atoms with Crippen LogP contribution in [0.3, 0.4) is 0 Å². The lowest BCUT2D eigenvalue weighted by molar-refractivity contribution is -0.142. The molecule has 31 heavy (non-hydrogen) atoms. The first-order valence-electron chi connectivity index (χ1n) is 10.2. The van der Waals surface area contributed by atoms with Gasteiger partial charge < -0.3 is 14.8 Å². The predicted molar refractivity (Wildman–Crippen MR) is 119 cm³/mol. The van der Waals surface area contributed by atoms with E-state index in [4.69, 9.17) is 11.6 Å². The summed E-state index contributed by atoms with van der Waals surface area (Å²) in [4.78, 5) is 15.9. The number of aromatic nitrogens is 2. The molecule has 0 aliphatic rings. The third-order valence-electron chi connectivity index (χ3n) is 5.22. The zero-order valence-electron chi connectivity index (χ0n) is 18.2. The third kappa shape index (κ3) is 5.65. The number of carboxylic acids is 1. The van der Waals surface area contributed by atoms with Crippen molar-refractivity contribution in [2.24, 2.45) is 5.92 Å². The second kappa shape index (κ2) is 10.6. The molecule has 2 rings (SSSR count). The molecule has 0 saturated heterocycles. The molecule has 2 N–H and O–H groups in total. The molecule has 0 aliphatic heterocycles. The van der Waals surface area contributed by atoms with Gasteiger partial charge in [-0.3, -0.25) is 4.79 Å². The monoisotopic (exact) mass is 471 g/mol. The standard InChI is InChI=1S/C21H30ClN3O5S/c1-5-6-7-18-23-20(22)17(13-26)25(18)12-15-8-10-16(11-9-15)31(29,30)24(4)19(14(2)3)21(27)28/h8-11,14,19,26H,5-7,12-13H2,1-4H3,(H,27,28)/t19-/m1/s1. The lowest BCUT2D eigenvalue weighted by Gasteiger charge is -2.27. The van der Waals surface area contributed by atoms with Gasteiger partial charge in [-0.15, -0.1) is 0 Å². The van der Waals surface area contributed by atoms with Crippen LogP contribution in [0.1, 0.15) is 50.7 Å². The Labute approximate surface area is 188 Å². The fourth-order valence-corrected chi connectivity index (χ4v) is 5.20. The molecule has 10 heteroatoms. The van der Waals surface area contributed by atoms with Crippen molar-refractivity contribution in [2.45, 2.75) is 64.1 Å². The normalized spacial score (nSPS) is 13.2. The molecule has 0 amide bonds. The highest BCUT2D eigenvalue weighted by Crippen LogP contribution is 2.23. The minimum atomic E-state index is -3.97. The van der Waals surface area contributed by atoms with E-state index < -0.39 is 22.0 Å². The summed E-state index contributed by atoms with van der Waals surface area (Å²) in [6, 6.07) is 5.10. The topological polar surface area (TPSA) is 113 Å². The van der Waals surface area contributed by atoms with Crippen LogP contribution in [0.2, 0.25) is 5.15 Å². The molecule has 0 unspecified atom stereocenters. The number of halogens is 1. The van der Waals surface area contributed by atoms with E-state index in [-0.39, 0.29) is 22.6 Å². The smallest absolute Gasteiger partial charge is 0.322 e. The maximum Gasteiger partial charge on any atom is 0.322 e. The zero-order chi connectivity index (χ0) is 23.3. The first kappa shape index (κ1) is 25.3. The maximum atomic E-state index is 12.9. The molecule has 0 spiro atoms. The van der Waals surface area contributed by atoms with Crippen LogP contribution in [0.5, 0.6) is 0 Å². The summed E-state index contributed by atoms with van der Waals surface area (Å²) in [5, 5.41) is 19.4. The predicted octanol–water partition coefficient (Wildman–Crippen LogP) is 3.15. The van der Waals surface area contributed by atoms with Crippen molar-refractivity contribution in [1.82, 2.24) is 13.9 Å². The van der Waals surface area contributed by atoms with Crippen molar-refractivity contribution in [3.63, 3.8) is 0 Å². The van der Waals surface area contributed by atoms with E-state index in [1.165, 1.54) is 19.2 Å². The second-order valence-electron chi connectivity index (χ2n) is 7.81. The van der Waals surface area contributed by atoms with Crippen LogP contribution in [0.4, 0.5) is 0 Å². The molecule has 0 saturated carbocycles. The summed E-state index contributed by atoms with van der Waals surface area (Å²) in [6.07, 6.45) is 2.65. The highest BCUT2D eigenvalue weighted by Gasteiger charge is 2.34. The van der Waals surface area contributed by atoms with Crippen LogP contribution in [-0.2, 0) is 34.4 Å². The molecule has 1 aromatic carbocycles. The van der Waals surface area contributed by atoms with E-state index >= 15 is 0 Å². The van der Waals surface area contributed by atoms with Gasteiger partial charge in [0.05, 0.1) is 17.2 Å². The van der Waals surface area contributed by atoms with Gasteiger partial charge in [0.25, 0.3) is 0 Å². The molecule has 2 aromatic rings. The molecule has 0 fully saturated rings. The van der Waals surface area contributed by atoms with Gasteiger partial charge in [-0.1, -0.05) is 50.9 Å². The molecular formula is C21H30ClN3O5S. The number of likely N-dealkylation sites (N-methyl/N-ethyl adjacent to an activating group) is 1. The quantitative estimate of drug-likeness (QED) is 0.520. The Morgan fingerprint density at radius 3 is 2.35 bits per heavy atom. The van der Waals surface area contributed by atoms with Gasteiger partial charge in [0, 0.05) is 20.0 Å². The fourth-order valence-electron chi connectivity index (χ4n) is 3.49. The van der Waals surface area contributed by atoms with Gasteiger partial charge in [0.15, 0.2) is 5.15 Å². The Morgan fingerprint density at radius 2 is 1.87 bits per heavy atom. The van der Waals surface area contributed by atoms with Gasteiger partial charge in [-0.25, -0.2) is 13.4 Å². The maximum absolute atomic E-state index is 12.9. The molecule has 1 heterocycles. The number of hydrogen-bond acceptors (Lipinski definition) is 5. The largest absolute Gasteiger partial charge is 0.480 e. The molecule has 1 aromatic heterocycles. The number of aliphatic hydroxyl groups excluding tert-OH is 1. The van der Waals surface area contributed by atoms with E-state index in [2.05, 4.69) is 11.9 Å². The van der Waals surface area contributed by atoms with Crippen LogP contribution in [-0.4, -0.2) is 51.5 Å². The van der Waals surface area contributed by atoms with Crippen molar-refractivity contribution in [2.75, 3.05) is 7.05 Å². The third-order valence-corrected chi connectivity index (χ3v) is 7.38. The van der Waals surface area contributed by atoms with Crippen molar-refractivity contribution in [3.8, 4) is 0 Å². The van der Waals surface area contributed by atoms with Crippen LogP contribution in [0.25, 0.3) is 0 Å². The molecule has 0 bridgehead atoms. The first-order valence-corrected chi connectivity index (χ1v) is 12.0. The molecule has 0 aliphatic carbocycles. The average molecular weight is 472 g/mol. The summed E-state index contributed by atoms with van der Waals surface area (Å²) in [6.45, 7) is 5.54. The number of hydrogen-bond donors (Lipinski definition) is 2. The highest BCUT2D eigenvalue weighted by atomic mass is 35.5. The van der Waals surface area contributed by atoms with Gasteiger partial charge in [0.1, 0.15) is 11.9 Å². The fraction of sp³-hybridized carbons (Fsp3) is 0.524. The minimum Gasteiger partial charge on any atom is -0.480 e. The zero-order valence-corrected chi connectivity index (χ0v) is 19.8. The minimum absolute atomic E-state index is 0.0166. The first-order chi connectivity index (χ1) is 14.5. The van der Waals surface area contributed by atoms with Crippen molar-refractivity contribution >= 4 is 27.6 Å². The van der Waals surface area contributed by atoms with Gasteiger partial charge in [-0.05, 0) is 30.0 Å². The number of nitrogens with zero attached hydrogens (tertiary/aromatic N) is 3. The molecule has 0 radical (unpaired) electrons. The van der Waals surface area contributed by atoms with E-state index in [1.54, 1.807) is 26.0 Å². The number of imidazole rings is 1. The van der Waals surface area contributed by atoms with Crippen LogP contribution in [0, 0.1) is 5.92 Å². The number of carboxylic acid groups (broad SMARTS) is 1. The SMILES string of the molecule is CCCCc1nc(Cl)c(CO)n1Cc1ccc(S(=O)(=O)N(C)[C@@H](C(=O)O)C(C)C)cc1. The van der Waals surface area contributed by atoms with Crippen LogP contribution in [0.15, 0.2) is 29.2 Å². The Bertz CT molecular complexity index is 1000. The Hall–Kier alpha value is -1.94. The van der Waals surface area contributed by atoms with E-state index in [1.807, 2.05) is 4.57 Å². The number of aliphatic carboxylic acids is 1. The summed E-state index contributed by atoms with van der Waals surface area (Å²) >= 11 is 6.17. The number of aliphatic hydroxyl groups is 1. The number of aryl methyl sites for hydroxylation is 1. The number of sulfonamides is 1. The van der Waals surface area contributed by atoms with Crippen molar-refractivity contribution in [3.05, 3.63) is 46.5 Å². The van der Waals surface area contributed by atoms with Crippen molar-refractivity contribution < 1.29 is 23.4 Å². The van der Waals surface area contributed by atoms with Gasteiger partial charge in [0.2, 0.25) is 10.0 Å². The summed E-state index contributed by atoms with van der Waals surface area (Å²) < 4.78 is 28.6. The summed E-state index contributed by atoms with van der Waals surface area (Å²) in [5.74, 6) is -0.805. The molecular weight excluding hydrogens is 442 g/mol. The van der Waals surface area contributed by atoms with E-state index in [0.717, 1.165) is 35.0 Å². The van der Waals surface area contributed by atoms with Crippen LogP contribution < -0.4 is 0 Å². The van der Waals surface area contributed by atoms with E-state index in [9.17, 15) is 23.4 Å². The Balaban J connectivity index is 2.31. The summed E-state index contributed by atoms with van der Waals surface area (Å²) in [5.41, 5.74) is 1.33. The number of unbranched alkanes of at least 4 members (excludes halogenated alkanes) is 1. The lowest BCUT2D eigenvalue weighted by Crippen LogP contribution is -2.45. The Kier molecular flexibility index (Phi) is 8.65. The lowest BCUT2D eigenvalue weighted by atomic mass is 10.1. The summed E-state index contributed by atoms with van der Waals surface area (Å²) in [7, 11) is -2.69. The molecule has 172 valence electrons. The van der Waals surface area contributed by atoms with E-state index in [0.29, 0.717) is 12.2 Å².